The molecule has 3 aromatic rings. The monoisotopic (exact) mass is 498 g/mol. The van der Waals surface area contributed by atoms with E-state index >= 15 is 0 Å². The lowest BCUT2D eigenvalue weighted by Crippen LogP contribution is -2.29. The SMILES string of the molecule is CCOc1cc(C2C(=C(O)c3ccc(Br)cc3)C(=O)C(=O)N2c2cc(C)on2)ccc1O. The maximum absolute atomic E-state index is 13.1. The quantitative estimate of drug-likeness (QED) is 0.303. The van der Waals surface area contributed by atoms with E-state index in [-0.39, 0.29) is 28.6 Å². The van der Waals surface area contributed by atoms with E-state index in [4.69, 9.17) is 9.26 Å². The van der Waals surface area contributed by atoms with Crippen molar-refractivity contribution in [1.29, 1.82) is 0 Å². The van der Waals surface area contributed by atoms with Crippen molar-refractivity contribution in [1.82, 2.24) is 5.16 Å². The Morgan fingerprint density at radius 3 is 2.53 bits per heavy atom. The van der Waals surface area contributed by atoms with Gasteiger partial charge in [-0.15, -0.1) is 0 Å². The van der Waals surface area contributed by atoms with Crippen molar-refractivity contribution in [2.75, 3.05) is 11.5 Å². The van der Waals surface area contributed by atoms with Crippen LogP contribution in [0.2, 0.25) is 0 Å². The zero-order valence-corrected chi connectivity index (χ0v) is 18.8. The fourth-order valence-corrected chi connectivity index (χ4v) is 3.85. The highest BCUT2D eigenvalue weighted by Gasteiger charge is 2.48. The van der Waals surface area contributed by atoms with Gasteiger partial charge in [0.15, 0.2) is 17.3 Å². The number of halogens is 1. The van der Waals surface area contributed by atoms with Gasteiger partial charge in [-0.1, -0.05) is 39.3 Å². The summed E-state index contributed by atoms with van der Waals surface area (Å²) in [6.07, 6.45) is 0. The number of ether oxygens (including phenoxy) is 1. The zero-order chi connectivity index (χ0) is 23.0. The molecule has 0 spiro atoms. The highest BCUT2D eigenvalue weighted by molar-refractivity contribution is 9.10. The van der Waals surface area contributed by atoms with Crippen molar-refractivity contribution in [3.05, 3.63) is 75.5 Å². The van der Waals surface area contributed by atoms with Crippen molar-refractivity contribution in [2.45, 2.75) is 19.9 Å². The Kier molecular flexibility index (Phi) is 5.75. The Morgan fingerprint density at radius 2 is 1.91 bits per heavy atom. The average molecular weight is 499 g/mol. The maximum Gasteiger partial charge on any atom is 0.301 e. The minimum absolute atomic E-state index is 0.0854. The van der Waals surface area contributed by atoms with Crippen molar-refractivity contribution < 1.29 is 29.1 Å². The summed E-state index contributed by atoms with van der Waals surface area (Å²) in [6, 6.07) is 11.7. The van der Waals surface area contributed by atoms with Gasteiger partial charge >= 0.3 is 5.91 Å². The first-order valence-corrected chi connectivity index (χ1v) is 10.6. The number of aliphatic hydroxyl groups excluding tert-OH is 1. The van der Waals surface area contributed by atoms with Gasteiger partial charge in [0.1, 0.15) is 11.5 Å². The minimum Gasteiger partial charge on any atom is -0.507 e. The molecule has 0 saturated carbocycles. The number of amides is 1. The second-order valence-electron chi connectivity index (χ2n) is 7.13. The van der Waals surface area contributed by atoms with E-state index in [0.29, 0.717) is 23.5 Å². The van der Waals surface area contributed by atoms with E-state index in [2.05, 4.69) is 21.1 Å². The molecule has 1 fully saturated rings. The lowest BCUT2D eigenvalue weighted by atomic mass is 9.95. The van der Waals surface area contributed by atoms with E-state index in [1.165, 1.54) is 23.1 Å². The van der Waals surface area contributed by atoms with Crippen LogP contribution in [0, 0.1) is 6.92 Å². The number of anilines is 1. The van der Waals surface area contributed by atoms with Gasteiger partial charge in [-0.3, -0.25) is 14.5 Å². The van der Waals surface area contributed by atoms with Crippen LogP contribution in [0.25, 0.3) is 5.76 Å². The second kappa shape index (κ2) is 8.51. The van der Waals surface area contributed by atoms with Gasteiger partial charge in [0.25, 0.3) is 5.78 Å². The van der Waals surface area contributed by atoms with Gasteiger partial charge in [-0.05, 0) is 43.7 Å². The molecule has 0 radical (unpaired) electrons. The number of Topliss-reactive ketones (excluding diaryl/α,β-unsaturated/α-hetero) is 1. The first-order valence-electron chi connectivity index (χ1n) is 9.77. The third-order valence-electron chi connectivity index (χ3n) is 5.02. The topological polar surface area (TPSA) is 113 Å². The summed E-state index contributed by atoms with van der Waals surface area (Å²) >= 11 is 3.34. The fraction of sp³-hybridized carbons (Fsp3) is 0.174. The van der Waals surface area contributed by atoms with Crippen LogP contribution in [0.5, 0.6) is 11.5 Å². The summed E-state index contributed by atoms with van der Waals surface area (Å²) in [4.78, 5) is 27.3. The number of ketones is 1. The van der Waals surface area contributed by atoms with E-state index in [1.54, 1.807) is 44.2 Å². The Bertz CT molecular complexity index is 1230. The number of benzene rings is 2. The van der Waals surface area contributed by atoms with Gasteiger partial charge in [-0.25, -0.2) is 0 Å². The molecule has 2 aromatic carbocycles. The van der Waals surface area contributed by atoms with Crippen molar-refractivity contribution in [3.8, 4) is 11.5 Å². The summed E-state index contributed by atoms with van der Waals surface area (Å²) in [7, 11) is 0. The molecule has 0 bridgehead atoms. The van der Waals surface area contributed by atoms with Gasteiger partial charge in [0.05, 0.1) is 18.2 Å². The third-order valence-corrected chi connectivity index (χ3v) is 5.55. The number of aryl methyl sites for hydroxylation is 1. The predicted octanol–water partition coefficient (Wildman–Crippen LogP) is 4.48. The Labute approximate surface area is 191 Å². The molecule has 1 aliphatic rings. The van der Waals surface area contributed by atoms with E-state index in [1.807, 2.05) is 0 Å². The second-order valence-corrected chi connectivity index (χ2v) is 8.05. The summed E-state index contributed by atoms with van der Waals surface area (Å²) in [5, 5.41) is 25.1. The number of hydrogen-bond acceptors (Lipinski definition) is 7. The lowest BCUT2D eigenvalue weighted by molar-refractivity contribution is -0.132. The van der Waals surface area contributed by atoms with Crippen LogP contribution in [-0.4, -0.2) is 33.7 Å². The maximum atomic E-state index is 13.1. The summed E-state index contributed by atoms with van der Waals surface area (Å²) in [5.74, 6) is -1.34. The molecule has 32 heavy (non-hydrogen) atoms. The number of aromatic nitrogens is 1. The summed E-state index contributed by atoms with van der Waals surface area (Å²) in [5.41, 5.74) is 0.715. The smallest absolute Gasteiger partial charge is 0.301 e. The van der Waals surface area contributed by atoms with Crippen LogP contribution in [-0.2, 0) is 9.59 Å². The van der Waals surface area contributed by atoms with Crippen molar-refractivity contribution >= 4 is 39.2 Å². The highest BCUT2D eigenvalue weighted by Crippen LogP contribution is 2.43. The molecule has 9 heteroatoms. The number of carbonyl (C=O) groups excluding carboxylic acids is 2. The van der Waals surface area contributed by atoms with Gasteiger partial charge in [0, 0.05) is 16.1 Å². The Morgan fingerprint density at radius 1 is 1.19 bits per heavy atom. The average Bonchev–Trinajstić information content (AvgIpc) is 3.31. The largest absolute Gasteiger partial charge is 0.507 e. The number of aromatic hydroxyl groups is 1. The molecule has 0 aliphatic carbocycles. The van der Waals surface area contributed by atoms with Crippen LogP contribution in [0.15, 0.2) is 63.1 Å². The number of hydrogen-bond donors (Lipinski definition) is 2. The molecular weight excluding hydrogens is 480 g/mol. The number of aliphatic hydroxyl groups is 1. The van der Waals surface area contributed by atoms with Crippen LogP contribution in [0.1, 0.15) is 29.9 Å². The molecule has 1 saturated heterocycles. The molecular formula is C23H19BrN2O6. The molecule has 8 nitrogen and oxygen atoms in total. The standard InChI is InChI=1S/C23H19BrN2O6/c1-3-31-17-11-14(6-9-16(17)27)20-19(21(28)13-4-7-15(24)8-5-13)22(29)23(30)26(20)18-10-12(2)32-25-18/h4-11,20,27-28H,3H2,1-2H3. The summed E-state index contributed by atoms with van der Waals surface area (Å²) in [6.45, 7) is 3.74. The van der Waals surface area contributed by atoms with Crippen LogP contribution in [0.3, 0.4) is 0 Å². The predicted molar refractivity (Wildman–Crippen MR) is 119 cm³/mol. The van der Waals surface area contributed by atoms with Crippen LogP contribution >= 0.6 is 15.9 Å². The van der Waals surface area contributed by atoms with Gasteiger partial charge in [0.2, 0.25) is 0 Å². The highest BCUT2D eigenvalue weighted by atomic mass is 79.9. The van der Waals surface area contributed by atoms with Gasteiger partial charge < -0.3 is 19.5 Å². The number of nitrogens with zero attached hydrogens (tertiary/aromatic N) is 2. The number of carbonyl (C=O) groups is 2. The minimum atomic E-state index is -1.01. The summed E-state index contributed by atoms with van der Waals surface area (Å²) < 4.78 is 11.4. The third kappa shape index (κ3) is 3.75. The molecule has 1 aliphatic heterocycles. The van der Waals surface area contributed by atoms with E-state index < -0.39 is 17.7 Å². The zero-order valence-electron chi connectivity index (χ0n) is 17.2. The normalized spacial score (nSPS) is 17.7. The molecule has 1 amide bonds. The Balaban J connectivity index is 1.94. The molecule has 1 aromatic heterocycles. The number of phenolic OH excluding ortho intramolecular Hbond substituents is 1. The van der Waals surface area contributed by atoms with Crippen molar-refractivity contribution in [3.63, 3.8) is 0 Å². The first kappa shape index (κ1) is 21.6. The Hall–Kier alpha value is -3.59. The van der Waals surface area contributed by atoms with Crippen LogP contribution in [0.4, 0.5) is 5.82 Å². The van der Waals surface area contributed by atoms with Gasteiger partial charge in [-0.2, -0.15) is 0 Å². The number of phenols is 1. The molecule has 4 rings (SSSR count). The lowest BCUT2D eigenvalue weighted by Gasteiger charge is -2.23. The van der Waals surface area contributed by atoms with E-state index in [0.717, 1.165) is 4.47 Å². The molecule has 2 heterocycles. The van der Waals surface area contributed by atoms with E-state index in [9.17, 15) is 19.8 Å². The molecule has 1 unspecified atom stereocenters. The molecule has 2 N–H and O–H groups in total. The van der Waals surface area contributed by atoms with Crippen molar-refractivity contribution in [2.24, 2.45) is 0 Å². The molecule has 1 atom stereocenters. The number of rotatable bonds is 5. The first-order chi connectivity index (χ1) is 15.3. The molecule has 164 valence electrons. The fourth-order valence-electron chi connectivity index (χ4n) is 3.59. The van der Waals surface area contributed by atoms with Crippen LogP contribution < -0.4 is 9.64 Å².